The van der Waals surface area contributed by atoms with Crippen molar-refractivity contribution >= 4 is 11.8 Å². The van der Waals surface area contributed by atoms with Crippen LogP contribution in [0, 0.1) is 11.8 Å². The number of nitrogens with zero attached hydrogens (tertiary/aromatic N) is 4. The fourth-order valence-electron chi connectivity index (χ4n) is 3.28. The van der Waals surface area contributed by atoms with E-state index in [1.165, 1.54) is 4.90 Å². The molecular formula is C23H19N5O3. The standard InChI is InChI=1S/C23H19N5O3/c1-28-11-8-23(31,22(28)30)7-6-15-4-2-5-16(12-15)18-13-17(14-19(27-18)20(24)29)21-25-9-3-10-26-21/h2-5,9-10,12-14,31H,8,11H2,1H3,(H2,24,29). The highest BCUT2D eigenvalue weighted by atomic mass is 16.3. The molecule has 3 N–H and O–H groups in total. The van der Waals surface area contributed by atoms with E-state index < -0.39 is 17.4 Å². The molecule has 1 saturated heterocycles. The van der Waals surface area contributed by atoms with Crippen LogP contribution >= 0.6 is 0 Å². The first-order chi connectivity index (χ1) is 14.9. The summed E-state index contributed by atoms with van der Waals surface area (Å²) in [6, 6.07) is 12.1. The number of carbonyl (C=O) groups is 2. The van der Waals surface area contributed by atoms with E-state index in [-0.39, 0.29) is 12.1 Å². The zero-order valence-electron chi connectivity index (χ0n) is 16.7. The second-order valence-corrected chi connectivity index (χ2v) is 7.23. The SMILES string of the molecule is CN1CCC(O)(C#Cc2cccc(-c3cc(-c4ncccn4)cc(C(N)=O)n3)c2)C1=O. The van der Waals surface area contributed by atoms with Crippen molar-refractivity contribution < 1.29 is 14.7 Å². The van der Waals surface area contributed by atoms with Gasteiger partial charge in [-0.3, -0.25) is 9.59 Å². The monoisotopic (exact) mass is 413 g/mol. The second-order valence-electron chi connectivity index (χ2n) is 7.23. The van der Waals surface area contributed by atoms with E-state index in [9.17, 15) is 14.7 Å². The van der Waals surface area contributed by atoms with Gasteiger partial charge in [-0.2, -0.15) is 0 Å². The molecule has 31 heavy (non-hydrogen) atoms. The number of rotatable bonds is 3. The van der Waals surface area contributed by atoms with Crippen molar-refractivity contribution in [2.45, 2.75) is 12.0 Å². The van der Waals surface area contributed by atoms with Crippen LogP contribution in [0.15, 0.2) is 54.9 Å². The molecule has 0 bridgehead atoms. The van der Waals surface area contributed by atoms with Gasteiger partial charge < -0.3 is 15.7 Å². The maximum absolute atomic E-state index is 12.1. The molecule has 1 aromatic carbocycles. The second kappa shape index (κ2) is 7.97. The Morgan fingerprint density at radius 1 is 1.16 bits per heavy atom. The smallest absolute Gasteiger partial charge is 0.267 e. The molecule has 8 nitrogen and oxygen atoms in total. The fraction of sp³-hybridized carbons (Fsp3) is 0.174. The number of hydrogen-bond acceptors (Lipinski definition) is 6. The van der Waals surface area contributed by atoms with Gasteiger partial charge in [0.25, 0.3) is 11.8 Å². The number of aromatic nitrogens is 3. The minimum atomic E-state index is -1.67. The van der Waals surface area contributed by atoms with Gasteiger partial charge in [0.1, 0.15) is 5.69 Å². The van der Waals surface area contributed by atoms with Gasteiger partial charge in [-0.15, -0.1) is 0 Å². The molecule has 3 aromatic rings. The lowest BCUT2D eigenvalue weighted by Gasteiger charge is -2.13. The fourth-order valence-corrected chi connectivity index (χ4v) is 3.28. The van der Waals surface area contributed by atoms with Crippen LogP contribution in [-0.4, -0.2) is 56.0 Å². The number of nitrogens with two attached hydrogens (primary N) is 1. The maximum atomic E-state index is 12.1. The number of primary amides is 1. The van der Waals surface area contributed by atoms with E-state index in [1.54, 1.807) is 55.8 Å². The Morgan fingerprint density at radius 2 is 1.94 bits per heavy atom. The third-order valence-electron chi connectivity index (χ3n) is 4.98. The zero-order valence-corrected chi connectivity index (χ0v) is 16.7. The molecule has 3 heterocycles. The van der Waals surface area contributed by atoms with Crippen LogP contribution in [0.5, 0.6) is 0 Å². The lowest BCUT2D eigenvalue weighted by atomic mass is 10.0. The molecule has 1 atom stereocenters. The highest BCUT2D eigenvalue weighted by molar-refractivity contribution is 5.93. The summed E-state index contributed by atoms with van der Waals surface area (Å²) in [6.45, 7) is 0.457. The molecule has 8 heteroatoms. The van der Waals surface area contributed by atoms with Gasteiger partial charge in [0.15, 0.2) is 5.82 Å². The molecule has 2 aromatic heterocycles. The Labute approximate surface area is 178 Å². The minimum absolute atomic E-state index is 0.0883. The van der Waals surface area contributed by atoms with Gasteiger partial charge in [-0.25, -0.2) is 15.0 Å². The predicted molar refractivity (Wildman–Crippen MR) is 113 cm³/mol. The van der Waals surface area contributed by atoms with Crippen LogP contribution in [0.1, 0.15) is 22.5 Å². The van der Waals surface area contributed by atoms with Crippen LogP contribution < -0.4 is 5.73 Å². The Hall–Kier alpha value is -4.09. The number of aliphatic hydroxyl groups is 1. The van der Waals surface area contributed by atoms with Crippen molar-refractivity contribution in [3.63, 3.8) is 0 Å². The Morgan fingerprint density at radius 3 is 2.61 bits per heavy atom. The lowest BCUT2D eigenvalue weighted by Crippen LogP contribution is -2.37. The third-order valence-corrected chi connectivity index (χ3v) is 4.98. The maximum Gasteiger partial charge on any atom is 0.267 e. The third kappa shape index (κ3) is 4.13. The van der Waals surface area contributed by atoms with Gasteiger partial charge in [-0.1, -0.05) is 24.0 Å². The number of amides is 2. The van der Waals surface area contributed by atoms with Crippen molar-refractivity contribution in [3.05, 3.63) is 66.1 Å². The van der Waals surface area contributed by atoms with Crippen LogP contribution in [-0.2, 0) is 4.79 Å². The average molecular weight is 413 g/mol. The van der Waals surface area contributed by atoms with E-state index in [2.05, 4.69) is 26.8 Å². The van der Waals surface area contributed by atoms with E-state index in [4.69, 9.17) is 5.73 Å². The minimum Gasteiger partial charge on any atom is -0.369 e. The topological polar surface area (TPSA) is 122 Å². The van der Waals surface area contributed by atoms with Crippen LogP contribution in [0.3, 0.4) is 0 Å². The summed E-state index contributed by atoms with van der Waals surface area (Å²) in [6.07, 6.45) is 3.47. The van der Waals surface area contributed by atoms with Crippen molar-refractivity contribution in [2.24, 2.45) is 5.73 Å². The molecule has 4 rings (SSSR count). The Kier molecular flexibility index (Phi) is 5.19. The molecule has 1 unspecified atom stereocenters. The first-order valence-electron chi connectivity index (χ1n) is 9.56. The number of pyridine rings is 1. The number of benzene rings is 1. The van der Waals surface area contributed by atoms with Gasteiger partial charge in [0.2, 0.25) is 5.60 Å². The van der Waals surface area contributed by atoms with Crippen molar-refractivity contribution in [1.29, 1.82) is 0 Å². The predicted octanol–water partition coefficient (Wildman–Crippen LogP) is 1.25. The molecule has 1 aliphatic heterocycles. The molecule has 1 fully saturated rings. The van der Waals surface area contributed by atoms with Crippen molar-refractivity contribution in [1.82, 2.24) is 19.9 Å². The first kappa shape index (κ1) is 20.2. The number of carbonyl (C=O) groups excluding carboxylic acids is 2. The molecule has 1 aliphatic rings. The number of hydrogen-bond donors (Lipinski definition) is 2. The van der Waals surface area contributed by atoms with E-state index >= 15 is 0 Å². The lowest BCUT2D eigenvalue weighted by molar-refractivity contribution is -0.137. The van der Waals surface area contributed by atoms with Crippen LogP contribution in [0.4, 0.5) is 0 Å². The molecule has 0 radical (unpaired) electrons. The molecule has 0 saturated carbocycles. The highest BCUT2D eigenvalue weighted by Crippen LogP contribution is 2.25. The van der Waals surface area contributed by atoms with Gasteiger partial charge in [0, 0.05) is 49.1 Å². The van der Waals surface area contributed by atoms with Gasteiger partial charge >= 0.3 is 0 Å². The number of likely N-dealkylation sites (tertiary alicyclic amines) is 1. The van der Waals surface area contributed by atoms with E-state index in [1.807, 2.05) is 6.07 Å². The van der Waals surface area contributed by atoms with Gasteiger partial charge in [0.05, 0.1) is 5.69 Å². The largest absolute Gasteiger partial charge is 0.369 e. The summed E-state index contributed by atoms with van der Waals surface area (Å²) in [7, 11) is 1.63. The highest BCUT2D eigenvalue weighted by Gasteiger charge is 2.42. The quantitative estimate of drug-likeness (QED) is 0.623. The molecule has 0 aliphatic carbocycles. The van der Waals surface area contributed by atoms with E-state index in [0.717, 1.165) is 0 Å². The summed E-state index contributed by atoms with van der Waals surface area (Å²) < 4.78 is 0. The summed E-state index contributed by atoms with van der Waals surface area (Å²) in [5.41, 5.74) is 6.26. The summed E-state index contributed by atoms with van der Waals surface area (Å²) in [4.78, 5) is 38.2. The average Bonchev–Trinajstić information content (AvgIpc) is 3.06. The van der Waals surface area contributed by atoms with Gasteiger partial charge in [-0.05, 0) is 30.3 Å². The van der Waals surface area contributed by atoms with Crippen molar-refractivity contribution in [2.75, 3.05) is 13.6 Å². The van der Waals surface area contributed by atoms with Crippen LogP contribution in [0.25, 0.3) is 22.6 Å². The molecule has 154 valence electrons. The first-order valence-corrected chi connectivity index (χ1v) is 9.56. The molecule has 2 amide bonds. The summed E-state index contributed by atoms with van der Waals surface area (Å²) >= 11 is 0. The zero-order chi connectivity index (χ0) is 22.0. The Bertz CT molecular complexity index is 1230. The van der Waals surface area contributed by atoms with Crippen molar-refractivity contribution in [3.8, 4) is 34.5 Å². The number of likely N-dealkylation sites (N-methyl/N-ethyl adjacent to an activating group) is 1. The summed E-state index contributed by atoms with van der Waals surface area (Å²) in [5.74, 6) is 4.95. The molecular weight excluding hydrogens is 394 g/mol. The van der Waals surface area contributed by atoms with Crippen LogP contribution in [0.2, 0.25) is 0 Å². The summed E-state index contributed by atoms with van der Waals surface area (Å²) in [5, 5.41) is 10.5. The Balaban J connectivity index is 1.73. The normalized spacial score (nSPS) is 17.9. The molecule has 0 spiro atoms. The van der Waals surface area contributed by atoms with E-state index in [0.29, 0.717) is 34.8 Å².